The van der Waals surface area contributed by atoms with Crippen LogP contribution < -0.4 is 5.32 Å². The van der Waals surface area contributed by atoms with Crippen molar-refractivity contribution in [3.05, 3.63) is 88.9 Å². The first kappa shape index (κ1) is 16.9. The zero-order valence-electron chi connectivity index (χ0n) is 14.2. The molecule has 2 heterocycles. The molecule has 1 aliphatic rings. The van der Waals surface area contributed by atoms with Gasteiger partial charge in [-0.2, -0.15) is 0 Å². The molecule has 3 aromatic rings. The summed E-state index contributed by atoms with van der Waals surface area (Å²) in [6, 6.07) is 18.2. The van der Waals surface area contributed by atoms with Crippen LogP contribution in [0, 0.1) is 0 Å². The number of nitrogens with zero attached hydrogens (tertiary/aromatic N) is 1. The van der Waals surface area contributed by atoms with Gasteiger partial charge in [0.2, 0.25) is 0 Å². The molecule has 0 fully saturated rings. The number of benzene rings is 2. The lowest BCUT2D eigenvalue weighted by molar-refractivity contribution is 0.0210. The third-order valence-electron chi connectivity index (χ3n) is 4.21. The van der Waals surface area contributed by atoms with Crippen molar-refractivity contribution in [3.63, 3.8) is 0 Å². The lowest BCUT2D eigenvalue weighted by Gasteiger charge is -2.13. The van der Waals surface area contributed by atoms with E-state index in [9.17, 15) is 0 Å². The van der Waals surface area contributed by atoms with E-state index in [0.717, 1.165) is 28.6 Å². The Kier molecular flexibility index (Phi) is 5.04. The first-order valence-electron chi connectivity index (χ1n) is 8.53. The molecule has 4 nitrogen and oxygen atoms in total. The molecular weight excluding hydrogens is 348 g/mol. The zero-order chi connectivity index (χ0) is 17.8. The number of hydrogen-bond acceptors (Lipinski definition) is 4. The fraction of sp³-hybridized carbons (Fsp3) is 0.190. The van der Waals surface area contributed by atoms with Crippen LogP contribution in [0.25, 0.3) is 10.9 Å². The highest BCUT2D eigenvalue weighted by Gasteiger charge is 2.17. The number of hydrogen-bond donors (Lipinski definition) is 1. The molecule has 2 aromatic carbocycles. The van der Waals surface area contributed by atoms with E-state index < -0.39 is 0 Å². The summed E-state index contributed by atoms with van der Waals surface area (Å²) in [5, 5.41) is 5.04. The smallest absolute Gasteiger partial charge is 0.192 e. The molecule has 0 aliphatic carbocycles. The number of halogens is 1. The Morgan fingerprint density at radius 2 is 1.96 bits per heavy atom. The molecule has 0 saturated heterocycles. The van der Waals surface area contributed by atoms with Gasteiger partial charge in [-0.05, 0) is 29.3 Å². The molecule has 1 aromatic heterocycles. The van der Waals surface area contributed by atoms with E-state index in [1.807, 2.05) is 42.5 Å². The Morgan fingerprint density at radius 3 is 2.85 bits per heavy atom. The molecule has 26 heavy (non-hydrogen) atoms. The number of allylic oxidation sites excluding steroid dienone is 1. The van der Waals surface area contributed by atoms with Gasteiger partial charge in [-0.25, -0.2) is 0 Å². The normalized spacial score (nSPS) is 16.2. The molecule has 0 amide bonds. The molecule has 4 rings (SSSR count). The van der Waals surface area contributed by atoms with Gasteiger partial charge in [0.1, 0.15) is 12.9 Å². The van der Waals surface area contributed by atoms with Crippen LogP contribution in [0.15, 0.2) is 72.8 Å². The van der Waals surface area contributed by atoms with Gasteiger partial charge in [0.05, 0.1) is 22.8 Å². The van der Waals surface area contributed by atoms with Gasteiger partial charge in [-0.15, -0.1) is 0 Å². The van der Waals surface area contributed by atoms with Gasteiger partial charge in [-0.3, -0.25) is 4.98 Å². The van der Waals surface area contributed by atoms with Crippen LogP contribution >= 0.6 is 11.6 Å². The molecule has 0 spiro atoms. The fourth-order valence-electron chi connectivity index (χ4n) is 2.95. The first-order chi connectivity index (χ1) is 12.8. The molecule has 1 aliphatic heterocycles. The maximum Gasteiger partial charge on any atom is 0.192 e. The van der Waals surface area contributed by atoms with Crippen molar-refractivity contribution in [1.82, 2.24) is 10.3 Å². The highest BCUT2D eigenvalue weighted by atomic mass is 35.5. The molecule has 0 saturated carbocycles. The molecule has 0 radical (unpaired) electrons. The molecule has 1 atom stereocenters. The van der Waals surface area contributed by atoms with Crippen LogP contribution in [0.3, 0.4) is 0 Å². The Balaban J connectivity index is 1.30. The van der Waals surface area contributed by atoms with Gasteiger partial charge >= 0.3 is 0 Å². The standard InChI is InChI=1S/C21H19ClN2O2/c22-18-10-17-8-16(6-7-20(17)23-11-18)9-19-13-26-21(24-19)14-25-12-15-4-2-1-3-5-15/h1-8,10-11,13,21,24H,9,12,14H2. The Bertz CT molecular complexity index is 928. The minimum Gasteiger partial charge on any atom is -0.474 e. The van der Waals surface area contributed by atoms with Crippen molar-refractivity contribution in [1.29, 1.82) is 0 Å². The molecule has 132 valence electrons. The minimum absolute atomic E-state index is 0.148. The molecular formula is C21H19ClN2O2. The predicted octanol–water partition coefficient (Wildman–Crippen LogP) is 4.43. The second-order valence-corrected chi connectivity index (χ2v) is 6.71. The lowest BCUT2D eigenvalue weighted by Crippen LogP contribution is -2.29. The SMILES string of the molecule is Clc1cnc2ccc(CC3=COC(COCc4ccccc4)N3)cc2c1. The zero-order valence-corrected chi connectivity index (χ0v) is 14.9. The van der Waals surface area contributed by atoms with E-state index in [-0.39, 0.29) is 6.23 Å². The predicted molar refractivity (Wildman–Crippen MR) is 103 cm³/mol. The van der Waals surface area contributed by atoms with Gasteiger partial charge < -0.3 is 14.8 Å². The Morgan fingerprint density at radius 1 is 1.08 bits per heavy atom. The summed E-state index contributed by atoms with van der Waals surface area (Å²) in [6.45, 7) is 1.07. The average Bonchev–Trinajstić information content (AvgIpc) is 3.09. The van der Waals surface area contributed by atoms with Crippen molar-refractivity contribution in [2.24, 2.45) is 0 Å². The Labute approximate surface area is 157 Å². The summed E-state index contributed by atoms with van der Waals surface area (Å²) in [6.07, 6.45) is 4.05. The lowest BCUT2D eigenvalue weighted by atomic mass is 10.1. The summed E-state index contributed by atoms with van der Waals surface area (Å²) in [5.41, 5.74) is 4.31. The molecule has 5 heteroatoms. The number of aromatic nitrogens is 1. The van der Waals surface area contributed by atoms with Crippen LogP contribution in [0.4, 0.5) is 0 Å². The Hall–Kier alpha value is -2.56. The van der Waals surface area contributed by atoms with Crippen LogP contribution in [0.2, 0.25) is 5.02 Å². The number of nitrogens with one attached hydrogen (secondary N) is 1. The van der Waals surface area contributed by atoms with E-state index in [4.69, 9.17) is 21.1 Å². The number of pyridine rings is 1. The van der Waals surface area contributed by atoms with Gasteiger partial charge in [0, 0.05) is 18.0 Å². The third kappa shape index (κ3) is 4.15. The van der Waals surface area contributed by atoms with Gasteiger partial charge in [0.15, 0.2) is 6.23 Å². The van der Waals surface area contributed by atoms with Crippen LogP contribution in [-0.2, 0) is 22.5 Å². The minimum atomic E-state index is -0.148. The van der Waals surface area contributed by atoms with E-state index >= 15 is 0 Å². The van der Waals surface area contributed by atoms with E-state index in [1.165, 1.54) is 5.56 Å². The quantitative estimate of drug-likeness (QED) is 0.700. The summed E-state index contributed by atoms with van der Waals surface area (Å²) in [4.78, 5) is 4.32. The summed E-state index contributed by atoms with van der Waals surface area (Å²) < 4.78 is 11.4. The summed E-state index contributed by atoms with van der Waals surface area (Å²) in [7, 11) is 0. The summed E-state index contributed by atoms with van der Waals surface area (Å²) >= 11 is 6.03. The molecule has 1 N–H and O–H groups in total. The van der Waals surface area contributed by atoms with Crippen molar-refractivity contribution in [2.75, 3.05) is 6.61 Å². The molecule has 1 unspecified atom stereocenters. The number of rotatable bonds is 6. The first-order valence-corrected chi connectivity index (χ1v) is 8.91. The highest BCUT2D eigenvalue weighted by Crippen LogP contribution is 2.20. The topological polar surface area (TPSA) is 43.4 Å². The monoisotopic (exact) mass is 366 g/mol. The van der Waals surface area contributed by atoms with Crippen molar-refractivity contribution < 1.29 is 9.47 Å². The highest BCUT2D eigenvalue weighted by molar-refractivity contribution is 6.31. The second kappa shape index (κ2) is 7.77. The average molecular weight is 367 g/mol. The van der Waals surface area contributed by atoms with Crippen molar-refractivity contribution in [3.8, 4) is 0 Å². The summed E-state index contributed by atoms with van der Waals surface area (Å²) in [5.74, 6) is 0. The molecule has 0 bridgehead atoms. The van der Waals surface area contributed by atoms with E-state index in [2.05, 4.69) is 22.4 Å². The fourth-order valence-corrected chi connectivity index (χ4v) is 3.12. The van der Waals surface area contributed by atoms with E-state index in [1.54, 1.807) is 12.5 Å². The van der Waals surface area contributed by atoms with Crippen molar-refractivity contribution >= 4 is 22.5 Å². The van der Waals surface area contributed by atoms with Gasteiger partial charge in [-0.1, -0.05) is 48.0 Å². The van der Waals surface area contributed by atoms with Crippen LogP contribution in [0.1, 0.15) is 11.1 Å². The largest absolute Gasteiger partial charge is 0.474 e. The van der Waals surface area contributed by atoms with Crippen LogP contribution in [-0.4, -0.2) is 17.8 Å². The van der Waals surface area contributed by atoms with Crippen LogP contribution in [0.5, 0.6) is 0 Å². The number of fused-ring (bicyclic) bond motifs is 1. The van der Waals surface area contributed by atoms with E-state index in [0.29, 0.717) is 18.2 Å². The number of ether oxygens (including phenoxy) is 2. The third-order valence-corrected chi connectivity index (χ3v) is 4.42. The maximum atomic E-state index is 6.03. The van der Waals surface area contributed by atoms with Gasteiger partial charge in [0.25, 0.3) is 0 Å². The maximum absolute atomic E-state index is 6.03. The van der Waals surface area contributed by atoms with Crippen molar-refractivity contribution in [2.45, 2.75) is 19.3 Å². The second-order valence-electron chi connectivity index (χ2n) is 6.27.